The van der Waals surface area contributed by atoms with Gasteiger partial charge >= 0.3 is 0 Å². The fourth-order valence-corrected chi connectivity index (χ4v) is 2.46. The fourth-order valence-electron chi connectivity index (χ4n) is 2.46. The summed E-state index contributed by atoms with van der Waals surface area (Å²) in [6.07, 6.45) is 3.35. The van der Waals surface area contributed by atoms with Crippen LogP contribution in [0.4, 0.5) is 5.69 Å². The highest BCUT2D eigenvalue weighted by Gasteiger charge is 2.26. The SMILES string of the molecule is O=C(CN1C(=O)COc2ccccc21)NCCCOCC1CC1. The van der Waals surface area contributed by atoms with Crippen LogP contribution in [0.3, 0.4) is 0 Å². The Morgan fingerprint density at radius 2 is 2.17 bits per heavy atom. The molecule has 6 heteroatoms. The predicted octanol–water partition coefficient (Wildman–Crippen LogP) is 1.34. The first-order valence-corrected chi connectivity index (χ1v) is 8.10. The van der Waals surface area contributed by atoms with Crippen molar-refractivity contribution < 1.29 is 19.1 Å². The second kappa shape index (κ2) is 7.46. The molecule has 2 aliphatic rings. The maximum Gasteiger partial charge on any atom is 0.265 e. The molecule has 3 rings (SSSR count). The van der Waals surface area contributed by atoms with Crippen LogP contribution < -0.4 is 15.0 Å². The molecule has 6 nitrogen and oxygen atoms in total. The molecule has 1 aliphatic carbocycles. The Morgan fingerprint density at radius 1 is 1.35 bits per heavy atom. The van der Waals surface area contributed by atoms with Crippen molar-refractivity contribution in [3.8, 4) is 5.75 Å². The molecule has 1 fully saturated rings. The van der Waals surface area contributed by atoms with Gasteiger partial charge in [0.2, 0.25) is 5.91 Å². The average Bonchev–Trinajstić information content (AvgIpc) is 3.38. The molecule has 1 aromatic rings. The molecule has 2 amide bonds. The van der Waals surface area contributed by atoms with Gasteiger partial charge in [-0.25, -0.2) is 0 Å². The van der Waals surface area contributed by atoms with Crippen LogP contribution in [0.1, 0.15) is 19.3 Å². The van der Waals surface area contributed by atoms with Gasteiger partial charge in [0.1, 0.15) is 12.3 Å². The highest BCUT2D eigenvalue weighted by Crippen LogP contribution is 2.31. The Hall–Kier alpha value is -2.08. The zero-order valence-electron chi connectivity index (χ0n) is 13.1. The quantitative estimate of drug-likeness (QED) is 0.735. The van der Waals surface area contributed by atoms with Gasteiger partial charge in [0.25, 0.3) is 5.91 Å². The molecule has 1 aromatic carbocycles. The molecule has 1 N–H and O–H groups in total. The molecule has 0 spiro atoms. The fraction of sp³-hybridized carbons (Fsp3) is 0.529. The Kier molecular flexibility index (Phi) is 5.12. The minimum Gasteiger partial charge on any atom is -0.482 e. The summed E-state index contributed by atoms with van der Waals surface area (Å²) in [4.78, 5) is 25.5. The number of fused-ring (bicyclic) bond motifs is 1. The number of ether oxygens (including phenoxy) is 2. The van der Waals surface area contributed by atoms with Crippen molar-refractivity contribution in [2.24, 2.45) is 5.92 Å². The number of para-hydroxylation sites is 2. The van der Waals surface area contributed by atoms with Crippen LogP contribution in [0.5, 0.6) is 5.75 Å². The van der Waals surface area contributed by atoms with Crippen molar-refractivity contribution >= 4 is 17.5 Å². The van der Waals surface area contributed by atoms with E-state index in [9.17, 15) is 9.59 Å². The van der Waals surface area contributed by atoms with E-state index in [-0.39, 0.29) is 25.0 Å². The molecule has 1 saturated carbocycles. The summed E-state index contributed by atoms with van der Waals surface area (Å²) in [5, 5.41) is 2.83. The highest BCUT2D eigenvalue weighted by molar-refractivity contribution is 6.02. The second-order valence-corrected chi connectivity index (χ2v) is 5.96. The summed E-state index contributed by atoms with van der Waals surface area (Å²) in [5.41, 5.74) is 0.645. The monoisotopic (exact) mass is 318 g/mol. The molecule has 0 radical (unpaired) electrons. The molecule has 0 atom stereocenters. The summed E-state index contributed by atoms with van der Waals surface area (Å²) in [6.45, 7) is 2.05. The number of hydrogen-bond acceptors (Lipinski definition) is 4. The summed E-state index contributed by atoms with van der Waals surface area (Å²) in [7, 11) is 0. The molecule has 0 bridgehead atoms. The van der Waals surface area contributed by atoms with Gasteiger partial charge < -0.3 is 14.8 Å². The predicted molar refractivity (Wildman–Crippen MR) is 85.5 cm³/mol. The van der Waals surface area contributed by atoms with E-state index in [0.29, 0.717) is 24.6 Å². The zero-order chi connectivity index (χ0) is 16.1. The molecule has 23 heavy (non-hydrogen) atoms. The molecule has 0 unspecified atom stereocenters. The van der Waals surface area contributed by atoms with Crippen molar-refractivity contribution in [1.82, 2.24) is 5.32 Å². The topological polar surface area (TPSA) is 67.9 Å². The van der Waals surface area contributed by atoms with Gasteiger partial charge in [-0.15, -0.1) is 0 Å². The van der Waals surface area contributed by atoms with E-state index in [1.54, 1.807) is 12.1 Å². The molecule has 1 aliphatic heterocycles. The van der Waals surface area contributed by atoms with Crippen LogP contribution in [0, 0.1) is 5.92 Å². The van der Waals surface area contributed by atoms with Crippen LogP contribution in [0.15, 0.2) is 24.3 Å². The van der Waals surface area contributed by atoms with E-state index in [1.165, 1.54) is 17.7 Å². The Morgan fingerprint density at radius 3 is 3.00 bits per heavy atom. The molecular weight excluding hydrogens is 296 g/mol. The molecule has 1 heterocycles. The standard InChI is InChI=1S/C17H22N2O4/c20-16(18-8-3-9-22-11-13-6-7-13)10-19-14-4-1-2-5-15(14)23-12-17(19)21/h1-2,4-5,13H,3,6-12H2,(H,18,20). The first kappa shape index (κ1) is 15.8. The van der Waals surface area contributed by atoms with Crippen LogP contribution in [-0.2, 0) is 14.3 Å². The first-order valence-electron chi connectivity index (χ1n) is 8.10. The van der Waals surface area contributed by atoms with Gasteiger partial charge in [-0.3, -0.25) is 14.5 Å². The number of carbonyl (C=O) groups excluding carboxylic acids is 2. The van der Waals surface area contributed by atoms with E-state index in [4.69, 9.17) is 9.47 Å². The van der Waals surface area contributed by atoms with Crippen LogP contribution in [-0.4, -0.2) is 44.7 Å². The second-order valence-electron chi connectivity index (χ2n) is 5.96. The molecule has 124 valence electrons. The smallest absolute Gasteiger partial charge is 0.265 e. The van der Waals surface area contributed by atoms with Crippen LogP contribution in [0.2, 0.25) is 0 Å². The Balaban J connectivity index is 1.41. The van der Waals surface area contributed by atoms with Gasteiger partial charge in [0.15, 0.2) is 6.61 Å². The lowest BCUT2D eigenvalue weighted by Gasteiger charge is -2.28. The van der Waals surface area contributed by atoms with Gasteiger partial charge in [0.05, 0.1) is 5.69 Å². The lowest BCUT2D eigenvalue weighted by Crippen LogP contribution is -2.45. The van der Waals surface area contributed by atoms with Crippen molar-refractivity contribution in [2.75, 3.05) is 37.8 Å². The maximum absolute atomic E-state index is 12.0. The minimum atomic E-state index is -0.202. The van der Waals surface area contributed by atoms with Crippen molar-refractivity contribution in [2.45, 2.75) is 19.3 Å². The highest BCUT2D eigenvalue weighted by atomic mass is 16.5. The number of carbonyl (C=O) groups is 2. The normalized spacial score (nSPS) is 16.7. The van der Waals surface area contributed by atoms with E-state index in [1.807, 2.05) is 12.1 Å². The van der Waals surface area contributed by atoms with E-state index < -0.39 is 0 Å². The Labute approximate surface area is 135 Å². The first-order chi connectivity index (χ1) is 11.2. The number of rotatable bonds is 8. The zero-order valence-corrected chi connectivity index (χ0v) is 13.1. The van der Waals surface area contributed by atoms with Gasteiger partial charge in [-0.05, 0) is 37.3 Å². The largest absolute Gasteiger partial charge is 0.482 e. The van der Waals surface area contributed by atoms with Crippen LogP contribution in [0.25, 0.3) is 0 Å². The lowest BCUT2D eigenvalue weighted by molar-refractivity contribution is -0.125. The molecule has 0 saturated heterocycles. The number of nitrogens with zero attached hydrogens (tertiary/aromatic N) is 1. The number of hydrogen-bond donors (Lipinski definition) is 1. The molecular formula is C17H22N2O4. The van der Waals surface area contributed by atoms with Gasteiger partial charge in [-0.1, -0.05) is 12.1 Å². The summed E-state index contributed by atoms with van der Waals surface area (Å²) >= 11 is 0. The van der Waals surface area contributed by atoms with Gasteiger partial charge in [0, 0.05) is 19.8 Å². The number of nitrogens with one attached hydrogen (secondary N) is 1. The van der Waals surface area contributed by atoms with Crippen LogP contribution >= 0.6 is 0 Å². The number of amides is 2. The van der Waals surface area contributed by atoms with E-state index in [0.717, 1.165) is 18.9 Å². The third-order valence-electron chi connectivity index (χ3n) is 3.95. The summed E-state index contributed by atoms with van der Waals surface area (Å²) < 4.78 is 10.9. The minimum absolute atomic E-state index is 0.0160. The average molecular weight is 318 g/mol. The Bertz CT molecular complexity index is 571. The number of anilines is 1. The molecule has 0 aromatic heterocycles. The maximum atomic E-state index is 12.0. The van der Waals surface area contributed by atoms with Crippen molar-refractivity contribution in [3.63, 3.8) is 0 Å². The van der Waals surface area contributed by atoms with Crippen molar-refractivity contribution in [1.29, 1.82) is 0 Å². The van der Waals surface area contributed by atoms with E-state index in [2.05, 4.69) is 5.32 Å². The lowest BCUT2D eigenvalue weighted by atomic mass is 10.2. The summed E-state index contributed by atoms with van der Waals surface area (Å²) in [6, 6.07) is 7.24. The third kappa shape index (κ3) is 4.45. The third-order valence-corrected chi connectivity index (χ3v) is 3.95. The van der Waals surface area contributed by atoms with Crippen molar-refractivity contribution in [3.05, 3.63) is 24.3 Å². The summed E-state index contributed by atoms with van der Waals surface area (Å²) in [5.74, 6) is 1.02. The van der Waals surface area contributed by atoms with E-state index >= 15 is 0 Å². The number of benzene rings is 1. The van der Waals surface area contributed by atoms with Gasteiger partial charge in [-0.2, -0.15) is 0 Å².